The Morgan fingerprint density at radius 3 is 2.88 bits per heavy atom. The van der Waals surface area contributed by atoms with Crippen molar-refractivity contribution in [1.29, 1.82) is 0 Å². The Kier molecular flexibility index (Phi) is 0.655. The highest BCUT2D eigenvalue weighted by atomic mass is 16.1. The molecule has 0 aromatic rings. The molecular formula is C7H8O. The molecule has 2 aliphatic carbocycles. The Balaban J connectivity index is 2.12. The lowest BCUT2D eigenvalue weighted by Gasteiger charge is -1.81. The first-order valence-electron chi connectivity index (χ1n) is 3.05. The van der Waals surface area contributed by atoms with E-state index >= 15 is 0 Å². The zero-order valence-corrected chi connectivity index (χ0v) is 4.58. The summed E-state index contributed by atoms with van der Waals surface area (Å²) in [6.45, 7) is 0. The van der Waals surface area contributed by atoms with E-state index in [0.29, 0.717) is 17.8 Å². The maximum Gasteiger partial charge on any atom is 0.123 e. The molecule has 0 aliphatic heterocycles. The van der Waals surface area contributed by atoms with Crippen LogP contribution < -0.4 is 0 Å². The smallest absolute Gasteiger partial charge is 0.123 e. The average Bonchev–Trinajstić information content (AvgIpc) is 2.22. The van der Waals surface area contributed by atoms with Gasteiger partial charge < -0.3 is 4.79 Å². The van der Waals surface area contributed by atoms with Crippen molar-refractivity contribution in [2.24, 2.45) is 17.8 Å². The Morgan fingerprint density at radius 2 is 2.50 bits per heavy atom. The molecule has 0 heterocycles. The van der Waals surface area contributed by atoms with E-state index in [1.165, 1.54) is 0 Å². The van der Waals surface area contributed by atoms with Crippen molar-refractivity contribution >= 4 is 6.29 Å². The van der Waals surface area contributed by atoms with Crippen molar-refractivity contribution in [2.45, 2.75) is 6.42 Å². The van der Waals surface area contributed by atoms with Gasteiger partial charge in [0.1, 0.15) is 6.29 Å². The fraction of sp³-hybridized carbons (Fsp3) is 0.571. The lowest BCUT2D eigenvalue weighted by molar-refractivity contribution is -0.109. The molecule has 2 aliphatic rings. The second-order valence-corrected chi connectivity index (χ2v) is 2.62. The highest BCUT2D eigenvalue weighted by molar-refractivity contribution is 5.61. The monoisotopic (exact) mass is 108 g/mol. The SMILES string of the molecule is O=CC1[C@H]2CC=C[C@@H]12. The average molecular weight is 108 g/mol. The van der Waals surface area contributed by atoms with Crippen LogP contribution in [0.3, 0.4) is 0 Å². The van der Waals surface area contributed by atoms with Gasteiger partial charge in [0.25, 0.3) is 0 Å². The van der Waals surface area contributed by atoms with Crippen molar-refractivity contribution in [1.82, 2.24) is 0 Å². The molecule has 0 amide bonds. The number of hydrogen-bond donors (Lipinski definition) is 0. The summed E-state index contributed by atoms with van der Waals surface area (Å²) in [6.07, 6.45) is 6.59. The molecule has 1 heteroatoms. The predicted molar refractivity (Wildman–Crippen MR) is 30.3 cm³/mol. The van der Waals surface area contributed by atoms with Crippen LogP contribution in [0.4, 0.5) is 0 Å². The van der Waals surface area contributed by atoms with Crippen LogP contribution in [0.2, 0.25) is 0 Å². The first-order chi connectivity index (χ1) is 3.93. The van der Waals surface area contributed by atoms with Gasteiger partial charge in [-0.2, -0.15) is 0 Å². The Hall–Kier alpha value is -0.590. The number of carbonyl (C=O) groups is 1. The molecule has 0 aromatic heterocycles. The molecule has 0 bridgehead atoms. The van der Waals surface area contributed by atoms with E-state index in [1.807, 2.05) is 0 Å². The Labute approximate surface area is 48.4 Å². The van der Waals surface area contributed by atoms with Gasteiger partial charge >= 0.3 is 0 Å². The van der Waals surface area contributed by atoms with Crippen LogP contribution in [0.1, 0.15) is 6.42 Å². The van der Waals surface area contributed by atoms with Crippen LogP contribution in [0, 0.1) is 17.8 Å². The summed E-state index contributed by atoms with van der Waals surface area (Å²) in [4.78, 5) is 10.1. The maximum absolute atomic E-state index is 10.1. The summed E-state index contributed by atoms with van der Waals surface area (Å²) < 4.78 is 0. The van der Waals surface area contributed by atoms with Crippen LogP contribution in [-0.2, 0) is 4.79 Å². The molecular weight excluding hydrogens is 100 g/mol. The third-order valence-electron chi connectivity index (χ3n) is 2.22. The van der Waals surface area contributed by atoms with Gasteiger partial charge in [-0.3, -0.25) is 0 Å². The molecule has 8 heavy (non-hydrogen) atoms. The Morgan fingerprint density at radius 1 is 1.62 bits per heavy atom. The van der Waals surface area contributed by atoms with E-state index in [1.54, 1.807) is 0 Å². The van der Waals surface area contributed by atoms with Gasteiger partial charge in [0, 0.05) is 5.92 Å². The Bertz CT molecular complexity index is 144. The number of rotatable bonds is 1. The normalized spacial score (nSPS) is 48.8. The predicted octanol–water partition coefficient (Wildman–Crippen LogP) is 1.01. The molecule has 0 N–H and O–H groups in total. The van der Waals surface area contributed by atoms with E-state index in [2.05, 4.69) is 12.2 Å². The quantitative estimate of drug-likeness (QED) is 0.362. The van der Waals surface area contributed by atoms with E-state index < -0.39 is 0 Å². The van der Waals surface area contributed by atoms with Gasteiger partial charge in [-0.15, -0.1) is 0 Å². The largest absolute Gasteiger partial charge is 0.303 e. The van der Waals surface area contributed by atoms with Crippen molar-refractivity contribution < 1.29 is 4.79 Å². The minimum atomic E-state index is 0.403. The van der Waals surface area contributed by atoms with E-state index in [9.17, 15) is 4.79 Å². The molecule has 1 nitrogen and oxygen atoms in total. The zero-order valence-electron chi connectivity index (χ0n) is 4.58. The van der Waals surface area contributed by atoms with Crippen LogP contribution >= 0.6 is 0 Å². The van der Waals surface area contributed by atoms with Crippen LogP contribution in [0.15, 0.2) is 12.2 Å². The van der Waals surface area contributed by atoms with Gasteiger partial charge in [0.05, 0.1) is 0 Å². The van der Waals surface area contributed by atoms with Crippen molar-refractivity contribution in [2.75, 3.05) is 0 Å². The second kappa shape index (κ2) is 1.22. The third kappa shape index (κ3) is 0.347. The summed E-state index contributed by atoms with van der Waals surface area (Å²) in [5.74, 6) is 1.76. The van der Waals surface area contributed by atoms with Gasteiger partial charge in [-0.1, -0.05) is 12.2 Å². The minimum absolute atomic E-state index is 0.403. The van der Waals surface area contributed by atoms with E-state index in [4.69, 9.17) is 0 Å². The number of fused-ring (bicyclic) bond motifs is 1. The second-order valence-electron chi connectivity index (χ2n) is 2.62. The standard InChI is InChI=1S/C7H8O/c8-4-7-5-2-1-3-6(5)7/h1-2,4-7H,3H2/t5-,6+,7?/m1/s1. The lowest BCUT2D eigenvalue weighted by atomic mass is 10.2. The van der Waals surface area contributed by atoms with Crippen LogP contribution in [0.5, 0.6) is 0 Å². The summed E-state index contributed by atoms with van der Waals surface area (Å²) in [7, 11) is 0. The molecule has 42 valence electrons. The fourth-order valence-electron chi connectivity index (χ4n) is 1.60. The molecule has 1 fully saturated rings. The number of aldehydes is 1. The van der Waals surface area contributed by atoms with Gasteiger partial charge in [0.2, 0.25) is 0 Å². The number of allylic oxidation sites excluding steroid dienone is 2. The molecule has 3 atom stereocenters. The highest BCUT2D eigenvalue weighted by Gasteiger charge is 2.49. The van der Waals surface area contributed by atoms with E-state index in [0.717, 1.165) is 12.7 Å². The van der Waals surface area contributed by atoms with Gasteiger partial charge in [-0.25, -0.2) is 0 Å². The minimum Gasteiger partial charge on any atom is -0.303 e. The molecule has 1 unspecified atom stereocenters. The number of carbonyl (C=O) groups excluding carboxylic acids is 1. The highest BCUT2D eigenvalue weighted by Crippen LogP contribution is 2.52. The first-order valence-corrected chi connectivity index (χ1v) is 3.05. The summed E-state index contributed by atoms with van der Waals surface area (Å²) in [5.41, 5.74) is 0. The molecule has 2 rings (SSSR count). The van der Waals surface area contributed by atoms with Gasteiger partial charge in [-0.05, 0) is 18.3 Å². The maximum atomic E-state index is 10.1. The molecule has 0 saturated heterocycles. The lowest BCUT2D eigenvalue weighted by Crippen LogP contribution is -1.82. The van der Waals surface area contributed by atoms with Crippen LogP contribution in [-0.4, -0.2) is 6.29 Å². The van der Waals surface area contributed by atoms with Crippen molar-refractivity contribution in [3.05, 3.63) is 12.2 Å². The topological polar surface area (TPSA) is 17.1 Å². The molecule has 1 saturated carbocycles. The zero-order chi connectivity index (χ0) is 5.56. The summed E-state index contributed by atoms with van der Waals surface area (Å²) in [5, 5.41) is 0. The third-order valence-corrected chi connectivity index (χ3v) is 2.22. The molecule has 0 aromatic carbocycles. The summed E-state index contributed by atoms with van der Waals surface area (Å²) in [6, 6.07) is 0. The number of hydrogen-bond acceptors (Lipinski definition) is 1. The van der Waals surface area contributed by atoms with Crippen molar-refractivity contribution in [3.8, 4) is 0 Å². The molecule has 0 radical (unpaired) electrons. The van der Waals surface area contributed by atoms with Gasteiger partial charge in [0.15, 0.2) is 0 Å². The van der Waals surface area contributed by atoms with Crippen LogP contribution in [0.25, 0.3) is 0 Å². The molecule has 0 spiro atoms. The summed E-state index contributed by atoms with van der Waals surface area (Å²) >= 11 is 0. The first kappa shape index (κ1) is 4.30. The fourth-order valence-corrected chi connectivity index (χ4v) is 1.60. The van der Waals surface area contributed by atoms with Crippen molar-refractivity contribution in [3.63, 3.8) is 0 Å². The van der Waals surface area contributed by atoms with E-state index in [-0.39, 0.29) is 0 Å².